The maximum Gasteiger partial charge on any atom is 0.222 e. The highest BCUT2D eigenvalue weighted by Gasteiger charge is 2.28. The van der Waals surface area contributed by atoms with Crippen molar-refractivity contribution in [1.82, 2.24) is 4.90 Å². The summed E-state index contributed by atoms with van der Waals surface area (Å²) in [7, 11) is 2.00. The molecule has 1 amide bonds. The third kappa shape index (κ3) is 6.00. The second kappa shape index (κ2) is 10.2. The molecular weight excluding hydrogens is 334 g/mol. The molecule has 0 unspecified atom stereocenters. The van der Waals surface area contributed by atoms with E-state index in [9.17, 15) is 4.79 Å². The Bertz CT molecular complexity index is 510. The minimum Gasteiger partial charge on any atom is -0.376 e. The van der Waals surface area contributed by atoms with Crippen LogP contribution in [-0.2, 0) is 16.1 Å². The molecular formula is C21H32ClNO2. The number of hydrogen-bond acceptors (Lipinski definition) is 2. The van der Waals surface area contributed by atoms with E-state index in [1.165, 1.54) is 50.5 Å². The molecule has 0 spiro atoms. The van der Waals surface area contributed by atoms with E-state index in [4.69, 9.17) is 4.74 Å². The van der Waals surface area contributed by atoms with Gasteiger partial charge in [-0.1, -0.05) is 30.3 Å². The quantitative estimate of drug-likeness (QED) is 0.692. The molecule has 0 N–H and O–H groups in total. The SMILES string of the molecule is CN(C(=O)CC1CCC(COCc2ccccc2)CC1)C1CCC1.Cl. The zero-order valence-electron chi connectivity index (χ0n) is 15.4. The standard InChI is InChI=1S/C21H31NO2.ClH/c1-22(20-8-5-9-20)21(23)14-17-10-12-19(13-11-17)16-24-15-18-6-3-2-4-7-18;/h2-4,6-7,17,19-20H,5,8-16H2,1H3;1H. The second-order valence-electron chi connectivity index (χ2n) is 7.68. The summed E-state index contributed by atoms with van der Waals surface area (Å²) >= 11 is 0. The fourth-order valence-electron chi connectivity index (χ4n) is 3.89. The van der Waals surface area contributed by atoms with E-state index >= 15 is 0 Å². The molecule has 0 heterocycles. The summed E-state index contributed by atoms with van der Waals surface area (Å²) in [5.74, 6) is 1.62. The highest BCUT2D eigenvalue weighted by Crippen LogP contribution is 2.32. The van der Waals surface area contributed by atoms with Crippen molar-refractivity contribution in [1.29, 1.82) is 0 Å². The van der Waals surface area contributed by atoms with Crippen LogP contribution in [0.4, 0.5) is 0 Å². The predicted octanol–water partition coefficient (Wildman–Crippen LogP) is 4.83. The van der Waals surface area contributed by atoms with Gasteiger partial charge >= 0.3 is 0 Å². The van der Waals surface area contributed by atoms with E-state index in [2.05, 4.69) is 24.3 Å². The van der Waals surface area contributed by atoms with E-state index < -0.39 is 0 Å². The van der Waals surface area contributed by atoms with Gasteiger partial charge in [-0.2, -0.15) is 0 Å². The normalized spacial score (nSPS) is 23.4. The third-order valence-corrected chi connectivity index (χ3v) is 5.91. The monoisotopic (exact) mass is 365 g/mol. The van der Waals surface area contributed by atoms with Crippen molar-refractivity contribution in [2.24, 2.45) is 11.8 Å². The van der Waals surface area contributed by atoms with Gasteiger partial charge in [-0.15, -0.1) is 12.4 Å². The van der Waals surface area contributed by atoms with Crippen LogP contribution in [0.25, 0.3) is 0 Å². The Morgan fingerprint density at radius 2 is 1.68 bits per heavy atom. The van der Waals surface area contributed by atoms with Crippen molar-refractivity contribution in [2.45, 2.75) is 64.0 Å². The summed E-state index contributed by atoms with van der Waals surface area (Å²) in [5.41, 5.74) is 1.25. The molecule has 25 heavy (non-hydrogen) atoms. The molecule has 0 saturated heterocycles. The van der Waals surface area contributed by atoms with Crippen molar-refractivity contribution in [3.63, 3.8) is 0 Å². The van der Waals surface area contributed by atoms with Gasteiger partial charge in [-0.05, 0) is 62.3 Å². The number of amides is 1. The Morgan fingerprint density at radius 1 is 1.04 bits per heavy atom. The highest BCUT2D eigenvalue weighted by molar-refractivity contribution is 5.85. The van der Waals surface area contributed by atoms with Crippen LogP contribution in [-0.4, -0.2) is 30.5 Å². The zero-order valence-corrected chi connectivity index (χ0v) is 16.2. The van der Waals surface area contributed by atoms with Crippen LogP contribution in [0.1, 0.15) is 56.9 Å². The molecule has 3 nitrogen and oxygen atoms in total. The lowest BCUT2D eigenvalue weighted by molar-refractivity contribution is -0.134. The van der Waals surface area contributed by atoms with Gasteiger partial charge in [0, 0.05) is 26.1 Å². The molecule has 0 atom stereocenters. The fraction of sp³-hybridized carbons (Fsp3) is 0.667. The maximum absolute atomic E-state index is 12.4. The lowest BCUT2D eigenvalue weighted by Crippen LogP contribution is -2.42. The van der Waals surface area contributed by atoms with Crippen molar-refractivity contribution in [3.05, 3.63) is 35.9 Å². The number of nitrogens with zero attached hydrogens (tertiary/aromatic N) is 1. The molecule has 2 saturated carbocycles. The van der Waals surface area contributed by atoms with Crippen LogP contribution < -0.4 is 0 Å². The average molecular weight is 366 g/mol. The van der Waals surface area contributed by atoms with Gasteiger partial charge in [0.25, 0.3) is 0 Å². The van der Waals surface area contributed by atoms with Crippen LogP contribution in [0, 0.1) is 11.8 Å². The van der Waals surface area contributed by atoms with Gasteiger partial charge < -0.3 is 9.64 Å². The molecule has 1 aromatic rings. The van der Waals surface area contributed by atoms with Gasteiger partial charge in [0.1, 0.15) is 0 Å². The smallest absolute Gasteiger partial charge is 0.222 e. The first-order chi connectivity index (χ1) is 11.7. The van der Waals surface area contributed by atoms with Crippen molar-refractivity contribution in [3.8, 4) is 0 Å². The molecule has 2 aliphatic carbocycles. The lowest BCUT2D eigenvalue weighted by atomic mass is 9.80. The summed E-state index contributed by atoms with van der Waals surface area (Å²) in [5, 5.41) is 0. The summed E-state index contributed by atoms with van der Waals surface area (Å²) in [6.45, 7) is 1.57. The molecule has 0 bridgehead atoms. The van der Waals surface area contributed by atoms with Crippen LogP contribution in [0.3, 0.4) is 0 Å². The van der Waals surface area contributed by atoms with E-state index in [0.717, 1.165) is 13.0 Å². The molecule has 4 heteroatoms. The fourth-order valence-corrected chi connectivity index (χ4v) is 3.89. The van der Waals surface area contributed by atoms with Crippen LogP contribution in [0.15, 0.2) is 30.3 Å². The number of ether oxygens (including phenoxy) is 1. The van der Waals surface area contributed by atoms with E-state index in [0.29, 0.717) is 30.4 Å². The van der Waals surface area contributed by atoms with Crippen LogP contribution in [0.2, 0.25) is 0 Å². The molecule has 2 fully saturated rings. The number of hydrogen-bond donors (Lipinski definition) is 0. The van der Waals surface area contributed by atoms with Gasteiger partial charge in [-0.25, -0.2) is 0 Å². The van der Waals surface area contributed by atoms with E-state index in [1.54, 1.807) is 0 Å². The Hall–Kier alpha value is -1.06. The second-order valence-corrected chi connectivity index (χ2v) is 7.68. The van der Waals surface area contributed by atoms with E-state index in [-0.39, 0.29) is 12.4 Å². The lowest BCUT2D eigenvalue weighted by Gasteiger charge is -2.36. The summed E-state index contributed by atoms with van der Waals surface area (Å²) in [6, 6.07) is 10.9. The van der Waals surface area contributed by atoms with Crippen molar-refractivity contribution < 1.29 is 9.53 Å². The number of benzene rings is 1. The molecule has 0 aliphatic heterocycles. The first-order valence-corrected chi connectivity index (χ1v) is 9.59. The minimum absolute atomic E-state index is 0. The molecule has 1 aromatic carbocycles. The minimum atomic E-state index is 0. The number of carbonyl (C=O) groups is 1. The first-order valence-electron chi connectivity index (χ1n) is 9.59. The molecule has 0 radical (unpaired) electrons. The van der Waals surface area contributed by atoms with Gasteiger partial charge in [0.2, 0.25) is 5.91 Å². The van der Waals surface area contributed by atoms with Gasteiger partial charge in [0.05, 0.1) is 6.61 Å². The topological polar surface area (TPSA) is 29.5 Å². The number of carbonyl (C=O) groups excluding carboxylic acids is 1. The Kier molecular flexibility index (Phi) is 8.25. The third-order valence-electron chi connectivity index (χ3n) is 5.91. The molecule has 0 aromatic heterocycles. The first kappa shape index (κ1) is 20.3. The van der Waals surface area contributed by atoms with Crippen molar-refractivity contribution >= 4 is 18.3 Å². The summed E-state index contributed by atoms with van der Waals surface area (Å²) in [4.78, 5) is 14.4. The molecule has 140 valence electrons. The zero-order chi connectivity index (χ0) is 16.8. The maximum atomic E-state index is 12.4. The summed E-state index contributed by atoms with van der Waals surface area (Å²) in [6.07, 6.45) is 9.23. The Morgan fingerprint density at radius 3 is 2.28 bits per heavy atom. The Balaban J connectivity index is 0.00000225. The molecule has 3 rings (SSSR count). The van der Waals surface area contributed by atoms with Crippen molar-refractivity contribution in [2.75, 3.05) is 13.7 Å². The highest BCUT2D eigenvalue weighted by atomic mass is 35.5. The average Bonchev–Trinajstić information content (AvgIpc) is 2.56. The van der Waals surface area contributed by atoms with Crippen LogP contribution >= 0.6 is 12.4 Å². The number of rotatable bonds is 7. The Labute approximate surface area is 158 Å². The van der Waals surface area contributed by atoms with Gasteiger partial charge in [0.15, 0.2) is 0 Å². The summed E-state index contributed by atoms with van der Waals surface area (Å²) < 4.78 is 5.89. The largest absolute Gasteiger partial charge is 0.376 e. The van der Waals surface area contributed by atoms with Crippen LogP contribution in [0.5, 0.6) is 0 Å². The number of halogens is 1. The molecule has 2 aliphatic rings. The van der Waals surface area contributed by atoms with Gasteiger partial charge in [-0.3, -0.25) is 4.79 Å². The predicted molar refractivity (Wildman–Crippen MR) is 104 cm³/mol. The van der Waals surface area contributed by atoms with E-state index in [1.807, 2.05) is 18.0 Å².